The number of nitrogens with zero attached hydrogens (tertiary/aromatic N) is 2. The maximum Gasteiger partial charge on any atom is 0.193 e. The lowest BCUT2D eigenvalue weighted by Crippen LogP contribution is -2.57. The first-order valence-corrected chi connectivity index (χ1v) is 10.2. The fraction of sp³-hybridized carbons (Fsp3) is 0.611. The molecular weight excluding hydrogens is 322 g/mol. The Morgan fingerprint density at radius 1 is 1.38 bits per heavy atom. The van der Waals surface area contributed by atoms with E-state index in [9.17, 15) is 8.42 Å². The molecule has 1 aromatic rings. The standard InChI is InChI=1S/C18H27N3O2S/c1-18(2)13-21(10-11-24(18,22)23)17(19-3)20-12-15-9-8-14-6-4-5-7-16(14)15/h4-7,15H,8-13H2,1-3H3,(H,19,20). The van der Waals surface area contributed by atoms with Crippen molar-refractivity contribution >= 4 is 15.8 Å². The van der Waals surface area contributed by atoms with Gasteiger partial charge in [0.2, 0.25) is 0 Å². The first kappa shape index (κ1) is 17.3. The van der Waals surface area contributed by atoms with Crippen molar-refractivity contribution in [3.8, 4) is 0 Å². The van der Waals surface area contributed by atoms with Crippen molar-refractivity contribution in [2.24, 2.45) is 4.99 Å². The average molecular weight is 350 g/mol. The smallest absolute Gasteiger partial charge is 0.193 e. The van der Waals surface area contributed by atoms with Crippen molar-refractivity contribution in [2.45, 2.75) is 37.4 Å². The van der Waals surface area contributed by atoms with E-state index in [-0.39, 0.29) is 5.75 Å². The van der Waals surface area contributed by atoms with Gasteiger partial charge >= 0.3 is 0 Å². The highest BCUT2D eigenvalue weighted by Gasteiger charge is 2.41. The minimum Gasteiger partial charge on any atom is -0.356 e. The van der Waals surface area contributed by atoms with Gasteiger partial charge in [-0.1, -0.05) is 24.3 Å². The summed E-state index contributed by atoms with van der Waals surface area (Å²) in [6, 6.07) is 8.63. The summed E-state index contributed by atoms with van der Waals surface area (Å²) in [5, 5.41) is 3.47. The second-order valence-electron chi connectivity index (χ2n) is 7.36. The van der Waals surface area contributed by atoms with E-state index in [1.807, 2.05) is 0 Å². The van der Waals surface area contributed by atoms with Gasteiger partial charge in [-0.2, -0.15) is 0 Å². The fourth-order valence-corrected chi connectivity index (χ4v) is 5.09. The van der Waals surface area contributed by atoms with Crippen molar-refractivity contribution in [1.82, 2.24) is 10.2 Å². The summed E-state index contributed by atoms with van der Waals surface area (Å²) < 4.78 is 23.6. The molecule has 0 saturated carbocycles. The van der Waals surface area contributed by atoms with Gasteiger partial charge in [0.05, 0.1) is 10.5 Å². The van der Waals surface area contributed by atoms with Crippen molar-refractivity contribution in [2.75, 3.05) is 32.4 Å². The molecule has 1 atom stereocenters. The lowest BCUT2D eigenvalue weighted by Gasteiger charge is -2.39. The molecule has 0 spiro atoms. The summed E-state index contributed by atoms with van der Waals surface area (Å²) in [7, 11) is -1.27. The van der Waals surface area contributed by atoms with Crippen molar-refractivity contribution in [1.29, 1.82) is 0 Å². The number of fused-ring (bicyclic) bond motifs is 1. The summed E-state index contributed by atoms with van der Waals surface area (Å²) in [4.78, 5) is 6.45. The molecule has 1 unspecified atom stereocenters. The lowest BCUT2D eigenvalue weighted by molar-refractivity contribution is 0.352. The number of rotatable bonds is 2. The summed E-state index contributed by atoms with van der Waals surface area (Å²) in [5.74, 6) is 1.49. The van der Waals surface area contributed by atoms with Gasteiger partial charge in [0.25, 0.3) is 0 Å². The van der Waals surface area contributed by atoms with E-state index < -0.39 is 14.6 Å². The lowest BCUT2D eigenvalue weighted by atomic mass is 10.0. The van der Waals surface area contributed by atoms with E-state index >= 15 is 0 Å². The van der Waals surface area contributed by atoms with Gasteiger partial charge in [0, 0.05) is 32.6 Å². The quantitative estimate of drug-likeness (QED) is 0.653. The maximum absolute atomic E-state index is 12.2. The number of benzene rings is 1. The molecule has 0 radical (unpaired) electrons. The molecule has 6 heteroatoms. The number of nitrogens with one attached hydrogen (secondary N) is 1. The zero-order valence-corrected chi connectivity index (χ0v) is 15.6. The normalized spacial score (nSPS) is 25.4. The second kappa shape index (κ2) is 6.39. The molecule has 5 nitrogen and oxygen atoms in total. The van der Waals surface area contributed by atoms with E-state index in [1.165, 1.54) is 11.1 Å². The summed E-state index contributed by atoms with van der Waals surface area (Å²) in [6.07, 6.45) is 2.29. The molecule has 1 saturated heterocycles. The Kier molecular flexibility index (Phi) is 4.60. The van der Waals surface area contributed by atoms with Crippen LogP contribution in [0.5, 0.6) is 0 Å². The predicted octanol–water partition coefficient (Wildman–Crippen LogP) is 1.80. The zero-order chi connectivity index (χ0) is 17.4. The Balaban J connectivity index is 1.65. The molecule has 132 valence electrons. The van der Waals surface area contributed by atoms with E-state index in [0.29, 0.717) is 19.0 Å². The van der Waals surface area contributed by atoms with Crippen LogP contribution in [-0.4, -0.2) is 56.5 Å². The Morgan fingerprint density at radius 2 is 2.12 bits per heavy atom. The van der Waals surface area contributed by atoms with Crippen LogP contribution in [0.25, 0.3) is 0 Å². The molecule has 1 fully saturated rings. The Bertz CT molecular complexity index is 740. The van der Waals surface area contributed by atoms with Crippen molar-refractivity contribution in [3.05, 3.63) is 35.4 Å². The monoisotopic (exact) mass is 349 g/mol. The topological polar surface area (TPSA) is 61.8 Å². The third kappa shape index (κ3) is 3.16. The molecule has 0 aromatic heterocycles. The highest BCUT2D eigenvalue weighted by atomic mass is 32.2. The van der Waals surface area contributed by atoms with Crippen LogP contribution in [-0.2, 0) is 16.3 Å². The SMILES string of the molecule is CN=C(NCC1CCc2ccccc21)N1CCS(=O)(=O)C(C)(C)C1. The van der Waals surface area contributed by atoms with Gasteiger partial charge in [0.15, 0.2) is 15.8 Å². The van der Waals surface area contributed by atoms with Gasteiger partial charge in [-0.15, -0.1) is 0 Å². The number of aryl methyl sites for hydroxylation is 1. The molecular formula is C18H27N3O2S. The van der Waals surface area contributed by atoms with Crippen LogP contribution in [0, 0.1) is 0 Å². The van der Waals surface area contributed by atoms with Crippen molar-refractivity contribution in [3.63, 3.8) is 0 Å². The molecule has 1 aliphatic carbocycles. The number of hydrogen-bond donors (Lipinski definition) is 1. The third-order valence-electron chi connectivity index (χ3n) is 5.32. The third-order valence-corrected chi connectivity index (χ3v) is 7.85. The van der Waals surface area contributed by atoms with Gasteiger partial charge in [0.1, 0.15) is 0 Å². The number of aliphatic imine (C=N–C) groups is 1. The first-order valence-electron chi connectivity index (χ1n) is 8.60. The molecule has 1 N–H and O–H groups in total. The van der Waals surface area contributed by atoms with E-state index in [4.69, 9.17) is 0 Å². The highest BCUT2D eigenvalue weighted by Crippen LogP contribution is 2.32. The number of hydrogen-bond acceptors (Lipinski definition) is 3. The minimum absolute atomic E-state index is 0.187. The fourth-order valence-electron chi connectivity index (χ4n) is 3.73. The summed E-state index contributed by atoms with van der Waals surface area (Å²) in [5.41, 5.74) is 2.88. The Labute approximate surface area is 145 Å². The van der Waals surface area contributed by atoms with Gasteiger partial charge < -0.3 is 10.2 Å². The molecule has 1 aliphatic heterocycles. The molecule has 1 aromatic carbocycles. The summed E-state index contributed by atoms with van der Waals surface area (Å²) >= 11 is 0. The second-order valence-corrected chi connectivity index (χ2v) is 10.1. The molecule has 0 amide bonds. The van der Waals surface area contributed by atoms with E-state index in [0.717, 1.165) is 25.3 Å². The van der Waals surface area contributed by atoms with Crippen LogP contribution in [0.3, 0.4) is 0 Å². The van der Waals surface area contributed by atoms with Crippen LogP contribution in [0.4, 0.5) is 0 Å². The zero-order valence-electron chi connectivity index (χ0n) is 14.7. The molecule has 2 aliphatic rings. The molecule has 0 bridgehead atoms. The van der Waals surface area contributed by atoms with Gasteiger partial charge in [-0.05, 0) is 37.8 Å². The number of guanidine groups is 1. The van der Waals surface area contributed by atoms with E-state index in [1.54, 1.807) is 20.9 Å². The van der Waals surface area contributed by atoms with Crippen LogP contribution < -0.4 is 5.32 Å². The van der Waals surface area contributed by atoms with Crippen LogP contribution >= 0.6 is 0 Å². The molecule has 1 heterocycles. The van der Waals surface area contributed by atoms with Crippen molar-refractivity contribution < 1.29 is 8.42 Å². The average Bonchev–Trinajstić information content (AvgIpc) is 2.95. The summed E-state index contributed by atoms with van der Waals surface area (Å²) in [6.45, 7) is 5.43. The number of sulfone groups is 1. The Hall–Kier alpha value is -1.56. The van der Waals surface area contributed by atoms with Crippen LogP contribution in [0.15, 0.2) is 29.3 Å². The molecule has 24 heavy (non-hydrogen) atoms. The van der Waals surface area contributed by atoms with E-state index in [2.05, 4.69) is 39.5 Å². The predicted molar refractivity (Wildman–Crippen MR) is 98.3 cm³/mol. The van der Waals surface area contributed by atoms with Gasteiger partial charge in [-0.3, -0.25) is 4.99 Å². The largest absolute Gasteiger partial charge is 0.356 e. The van der Waals surface area contributed by atoms with Crippen LogP contribution in [0.2, 0.25) is 0 Å². The minimum atomic E-state index is -3.03. The van der Waals surface area contributed by atoms with Crippen LogP contribution in [0.1, 0.15) is 37.3 Å². The Morgan fingerprint density at radius 3 is 2.83 bits per heavy atom. The molecule has 3 rings (SSSR count). The van der Waals surface area contributed by atoms with Gasteiger partial charge in [-0.25, -0.2) is 8.42 Å². The maximum atomic E-state index is 12.2. The first-order chi connectivity index (χ1) is 11.3. The highest BCUT2D eigenvalue weighted by molar-refractivity contribution is 7.92.